The van der Waals surface area contributed by atoms with E-state index in [0.717, 1.165) is 38.9 Å². The van der Waals surface area contributed by atoms with Crippen LogP contribution in [0, 0.1) is 0 Å². The Hall–Kier alpha value is -0.120. The first-order valence-electron chi connectivity index (χ1n) is 5.51. The second-order valence-corrected chi connectivity index (χ2v) is 4.70. The number of likely N-dealkylation sites (tertiary alicyclic amines) is 1. The summed E-state index contributed by atoms with van der Waals surface area (Å²) >= 11 is 0. The van der Waals surface area contributed by atoms with Crippen molar-refractivity contribution in [2.45, 2.75) is 44.8 Å². The summed E-state index contributed by atoms with van der Waals surface area (Å²) in [5, 5.41) is 9.91. The average Bonchev–Trinajstić information content (AvgIpc) is 2.28. The Morgan fingerprint density at radius 3 is 2.79 bits per heavy atom. The fraction of sp³-hybridized carbons (Fsp3) is 1.00. The normalized spacial score (nSPS) is 32.6. The van der Waals surface area contributed by atoms with E-state index in [1.54, 1.807) is 7.11 Å². The standard InChI is InChI=1S/C11H23NO2/c1-10(14-3)9-12-7-4-5-11(2,13)6-8-12/h10,13H,4-9H2,1-3H3. The lowest BCUT2D eigenvalue weighted by Crippen LogP contribution is -2.34. The van der Waals surface area contributed by atoms with Crippen LogP contribution in [0.2, 0.25) is 0 Å². The molecule has 0 aromatic heterocycles. The van der Waals surface area contributed by atoms with Crippen molar-refractivity contribution in [1.29, 1.82) is 0 Å². The molecule has 0 saturated carbocycles. The first kappa shape index (κ1) is 12.0. The van der Waals surface area contributed by atoms with Crippen molar-refractivity contribution in [3.05, 3.63) is 0 Å². The summed E-state index contributed by atoms with van der Waals surface area (Å²) in [5.74, 6) is 0. The van der Waals surface area contributed by atoms with Gasteiger partial charge in [-0.3, -0.25) is 0 Å². The van der Waals surface area contributed by atoms with Gasteiger partial charge in [0, 0.05) is 20.2 Å². The second kappa shape index (κ2) is 5.10. The molecule has 0 spiro atoms. The van der Waals surface area contributed by atoms with Gasteiger partial charge in [-0.15, -0.1) is 0 Å². The van der Waals surface area contributed by atoms with Crippen LogP contribution in [0.15, 0.2) is 0 Å². The Morgan fingerprint density at radius 2 is 2.14 bits per heavy atom. The molecule has 84 valence electrons. The molecule has 3 nitrogen and oxygen atoms in total. The van der Waals surface area contributed by atoms with Crippen LogP contribution in [0.1, 0.15) is 33.1 Å². The molecule has 1 N–H and O–H groups in total. The summed E-state index contributed by atoms with van der Waals surface area (Å²) in [5.41, 5.74) is -0.453. The molecule has 2 unspecified atom stereocenters. The van der Waals surface area contributed by atoms with E-state index in [-0.39, 0.29) is 6.10 Å². The largest absolute Gasteiger partial charge is 0.390 e. The third-order valence-electron chi connectivity index (χ3n) is 3.07. The number of nitrogens with zero attached hydrogens (tertiary/aromatic N) is 1. The van der Waals surface area contributed by atoms with Gasteiger partial charge in [0.1, 0.15) is 0 Å². The highest BCUT2D eigenvalue weighted by Crippen LogP contribution is 2.21. The predicted octanol–water partition coefficient (Wildman–Crippen LogP) is 1.26. The highest BCUT2D eigenvalue weighted by molar-refractivity contribution is 4.79. The maximum absolute atomic E-state index is 9.91. The molecule has 3 heteroatoms. The molecule has 2 atom stereocenters. The summed E-state index contributed by atoms with van der Waals surface area (Å²) in [4.78, 5) is 2.38. The Balaban J connectivity index is 2.35. The predicted molar refractivity (Wildman–Crippen MR) is 57.4 cm³/mol. The van der Waals surface area contributed by atoms with E-state index in [4.69, 9.17) is 4.74 Å². The number of aliphatic hydroxyl groups is 1. The van der Waals surface area contributed by atoms with E-state index in [1.807, 2.05) is 6.92 Å². The zero-order valence-corrected chi connectivity index (χ0v) is 9.62. The minimum atomic E-state index is -0.453. The van der Waals surface area contributed by atoms with Crippen LogP contribution in [0.5, 0.6) is 0 Å². The Kier molecular flexibility index (Phi) is 4.35. The van der Waals surface area contributed by atoms with Crippen LogP contribution in [0.3, 0.4) is 0 Å². The number of hydrogen-bond acceptors (Lipinski definition) is 3. The van der Waals surface area contributed by atoms with Gasteiger partial charge < -0.3 is 14.7 Å². The van der Waals surface area contributed by atoms with Crippen molar-refractivity contribution in [3.8, 4) is 0 Å². The van der Waals surface area contributed by atoms with Crippen LogP contribution < -0.4 is 0 Å². The van der Waals surface area contributed by atoms with Crippen LogP contribution in [0.25, 0.3) is 0 Å². The van der Waals surface area contributed by atoms with E-state index < -0.39 is 5.60 Å². The maximum atomic E-state index is 9.91. The number of methoxy groups -OCH3 is 1. The minimum Gasteiger partial charge on any atom is -0.390 e. The van der Waals surface area contributed by atoms with Crippen LogP contribution >= 0.6 is 0 Å². The molecule has 0 aromatic rings. The van der Waals surface area contributed by atoms with Crippen molar-refractivity contribution in [2.75, 3.05) is 26.7 Å². The first-order valence-corrected chi connectivity index (χ1v) is 5.51. The molecule has 1 saturated heterocycles. The lowest BCUT2D eigenvalue weighted by molar-refractivity contribution is 0.0401. The number of ether oxygens (including phenoxy) is 1. The van der Waals surface area contributed by atoms with Crippen LogP contribution in [0.4, 0.5) is 0 Å². The van der Waals surface area contributed by atoms with Crippen molar-refractivity contribution in [1.82, 2.24) is 4.90 Å². The Bertz CT molecular complexity index is 171. The topological polar surface area (TPSA) is 32.7 Å². The Labute approximate surface area is 87.1 Å². The molecule has 1 rings (SSSR count). The zero-order chi connectivity index (χ0) is 10.6. The molecule has 14 heavy (non-hydrogen) atoms. The maximum Gasteiger partial charge on any atom is 0.0670 e. The fourth-order valence-corrected chi connectivity index (χ4v) is 1.94. The molecule has 0 amide bonds. The van der Waals surface area contributed by atoms with Crippen molar-refractivity contribution >= 4 is 0 Å². The van der Waals surface area contributed by atoms with Gasteiger partial charge in [0.2, 0.25) is 0 Å². The van der Waals surface area contributed by atoms with Gasteiger partial charge in [-0.25, -0.2) is 0 Å². The average molecular weight is 201 g/mol. The highest BCUT2D eigenvalue weighted by atomic mass is 16.5. The molecule has 0 bridgehead atoms. The van der Waals surface area contributed by atoms with Gasteiger partial charge in [-0.1, -0.05) is 0 Å². The van der Waals surface area contributed by atoms with Crippen LogP contribution in [-0.4, -0.2) is 48.5 Å². The lowest BCUT2D eigenvalue weighted by Gasteiger charge is -2.24. The van der Waals surface area contributed by atoms with E-state index in [9.17, 15) is 5.11 Å². The van der Waals surface area contributed by atoms with Gasteiger partial charge in [0.15, 0.2) is 0 Å². The molecule has 1 fully saturated rings. The molecule has 1 aliphatic heterocycles. The molecular formula is C11H23NO2. The first-order chi connectivity index (χ1) is 6.53. The van der Waals surface area contributed by atoms with Gasteiger partial charge in [-0.2, -0.15) is 0 Å². The lowest BCUT2D eigenvalue weighted by atomic mass is 9.98. The molecule has 0 aromatic carbocycles. The van der Waals surface area contributed by atoms with Crippen LogP contribution in [-0.2, 0) is 4.74 Å². The Morgan fingerprint density at radius 1 is 1.43 bits per heavy atom. The molecule has 1 heterocycles. The van der Waals surface area contributed by atoms with E-state index >= 15 is 0 Å². The smallest absolute Gasteiger partial charge is 0.0670 e. The molecule has 0 radical (unpaired) electrons. The summed E-state index contributed by atoms with van der Waals surface area (Å²) in [7, 11) is 1.75. The van der Waals surface area contributed by atoms with E-state index in [2.05, 4.69) is 11.8 Å². The quantitative estimate of drug-likeness (QED) is 0.746. The SMILES string of the molecule is COC(C)CN1CCCC(C)(O)CC1. The van der Waals surface area contributed by atoms with Gasteiger partial charge >= 0.3 is 0 Å². The van der Waals surface area contributed by atoms with Gasteiger partial charge in [0.25, 0.3) is 0 Å². The third-order valence-corrected chi connectivity index (χ3v) is 3.07. The summed E-state index contributed by atoms with van der Waals surface area (Å²) in [6, 6.07) is 0. The summed E-state index contributed by atoms with van der Waals surface area (Å²) < 4.78 is 5.24. The minimum absolute atomic E-state index is 0.290. The highest BCUT2D eigenvalue weighted by Gasteiger charge is 2.25. The number of hydrogen-bond donors (Lipinski definition) is 1. The molecule has 0 aliphatic carbocycles. The third kappa shape index (κ3) is 3.95. The summed E-state index contributed by atoms with van der Waals surface area (Å²) in [6.07, 6.45) is 3.18. The molecule has 1 aliphatic rings. The zero-order valence-electron chi connectivity index (χ0n) is 9.62. The molecular weight excluding hydrogens is 178 g/mol. The van der Waals surface area contributed by atoms with Gasteiger partial charge in [0.05, 0.1) is 11.7 Å². The monoisotopic (exact) mass is 201 g/mol. The van der Waals surface area contributed by atoms with E-state index in [1.165, 1.54) is 0 Å². The van der Waals surface area contributed by atoms with Crippen molar-refractivity contribution in [3.63, 3.8) is 0 Å². The van der Waals surface area contributed by atoms with Gasteiger partial charge in [-0.05, 0) is 39.7 Å². The summed E-state index contributed by atoms with van der Waals surface area (Å²) in [6.45, 7) is 7.08. The second-order valence-electron chi connectivity index (χ2n) is 4.70. The fourth-order valence-electron chi connectivity index (χ4n) is 1.94. The van der Waals surface area contributed by atoms with Crippen molar-refractivity contribution in [2.24, 2.45) is 0 Å². The number of rotatable bonds is 3. The van der Waals surface area contributed by atoms with Crippen molar-refractivity contribution < 1.29 is 9.84 Å². The van der Waals surface area contributed by atoms with E-state index in [0.29, 0.717) is 0 Å².